The molecule has 8 heteroatoms. The standard InChI is InChI=1S/C30H39N5O3/c1-22(2)33-15-10-16-35(28(36)21-38-26-13-7-6-8-14-26)29-23(3)11-9-12-25(29)19-34(18-17-33)30(37)27-20-32(5)31-24(27)4/h6-9,11-14,20,22H,10,15-19,21H2,1-5H3. The van der Waals surface area contributed by atoms with Crippen molar-refractivity contribution in [1.29, 1.82) is 0 Å². The number of hydrogen-bond donors (Lipinski definition) is 0. The minimum Gasteiger partial charge on any atom is -0.484 e. The van der Waals surface area contributed by atoms with Crippen LogP contribution in [0.15, 0.2) is 54.7 Å². The van der Waals surface area contributed by atoms with Crippen LogP contribution < -0.4 is 9.64 Å². The molecular formula is C30H39N5O3. The molecular weight excluding hydrogens is 478 g/mol. The minimum atomic E-state index is -0.0965. The summed E-state index contributed by atoms with van der Waals surface area (Å²) in [5, 5.41) is 4.39. The van der Waals surface area contributed by atoms with E-state index in [9.17, 15) is 9.59 Å². The molecule has 2 heterocycles. The first-order valence-electron chi connectivity index (χ1n) is 13.3. The SMILES string of the molecule is Cc1cccc2c1N(C(=O)COc1ccccc1)CCCN(C(C)C)CCN(C(=O)c1cn(C)nc1C)C2. The molecule has 3 aromatic rings. The average molecular weight is 518 g/mol. The smallest absolute Gasteiger partial charge is 0.264 e. The van der Waals surface area contributed by atoms with Crippen LogP contribution in [0.5, 0.6) is 5.75 Å². The number of rotatable bonds is 5. The molecule has 202 valence electrons. The second-order valence-corrected chi connectivity index (χ2v) is 10.2. The summed E-state index contributed by atoms with van der Waals surface area (Å²) in [6.07, 6.45) is 2.61. The van der Waals surface area contributed by atoms with E-state index in [0.29, 0.717) is 42.7 Å². The predicted octanol–water partition coefficient (Wildman–Crippen LogP) is 4.21. The number of hydrogen-bond acceptors (Lipinski definition) is 5. The fourth-order valence-electron chi connectivity index (χ4n) is 5.08. The third kappa shape index (κ3) is 6.42. The number of carbonyl (C=O) groups is 2. The molecule has 0 unspecified atom stereocenters. The van der Waals surface area contributed by atoms with E-state index < -0.39 is 0 Å². The lowest BCUT2D eigenvalue weighted by atomic mass is 10.0. The summed E-state index contributed by atoms with van der Waals surface area (Å²) in [6.45, 7) is 11.3. The number of ether oxygens (including phenoxy) is 1. The number of benzene rings is 2. The van der Waals surface area contributed by atoms with Crippen LogP contribution in [0.4, 0.5) is 5.69 Å². The zero-order valence-corrected chi connectivity index (χ0v) is 23.2. The maximum atomic E-state index is 13.8. The molecule has 0 saturated heterocycles. The Labute approximate surface area is 225 Å². The van der Waals surface area contributed by atoms with Crippen molar-refractivity contribution < 1.29 is 14.3 Å². The van der Waals surface area contributed by atoms with Gasteiger partial charge in [0, 0.05) is 52.0 Å². The molecule has 2 aromatic carbocycles. The van der Waals surface area contributed by atoms with Crippen LogP contribution in [0.1, 0.15) is 47.4 Å². The lowest BCUT2D eigenvalue weighted by Crippen LogP contribution is -2.41. The topological polar surface area (TPSA) is 70.9 Å². The number of carbonyl (C=O) groups excluding carboxylic acids is 2. The normalized spacial score (nSPS) is 15.2. The Balaban J connectivity index is 1.69. The zero-order valence-electron chi connectivity index (χ0n) is 23.2. The second kappa shape index (κ2) is 12.3. The molecule has 0 spiro atoms. The van der Waals surface area contributed by atoms with Gasteiger partial charge in [0.1, 0.15) is 5.75 Å². The Morgan fingerprint density at radius 2 is 1.74 bits per heavy atom. The summed E-state index contributed by atoms with van der Waals surface area (Å²) in [5.41, 5.74) is 4.14. The number of aryl methyl sites for hydroxylation is 3. The molecule has 1 aromatic heterocycles. The Kier molecular flexibility index (Phi) is 8.84. The van der Waals surface area contributed by atoms with E-state index in [0.717, 1.165) is 36.3 Å². The highest BCUT2D eigenvalue weighted by Crippen LogP contribution is 2.29. The van der Waals surface area contributed by atoms with Gasteiger partial charge in [-0.25, -0.2) is 0 Å². The Bertz CT molecular complexity index is 1250. The molecule has 0 aliphatic carbocycles. The van der Waals surface area contributed by atoms with Gasteiger partial charge in [0.15, 0.2) is 6.61 Å². The van der Waals surface area contributed by atoms with Crippen molar-refractivity contribution in [2.24, 2.45) is 7.05 Å². The van der Waals surface area contributed by atoms with E-state index >= 15 is 0 Å². The fraction of sp³-hybridized carbons (Fsp3) is 0.433. The first-order chi connectivity index (χ1) is 18.2. The van der Waals surface area contributed by atoms with Crippen LogP contribution in [0.3, 0.4) is 0 Å². The summed E-state index contributed by atoms with van der Waals surface area (Å²) in [7, 11) is 1.83. The lowest BCUT2D eigenvalue weighted by Gasteiger charge is -2.30. The third-order valence-electron chi connectivity index (χ3n) is 7.10. The second-order valence-electron chi connectivity index (χ2n) is 10.2. The first-order valence-corrected chi connectivity index (χ1v) is 13.3. The molecule has 2 amide bonds. The van der Waals surface area contributed by atoms with Gasteiger partial charge in [0.25, 0.3) is 11.8 Å². The first kappa shape index (κ1) is 27.4. The Morgan fingerprint density at radius 3 is 2.42 bits per heavy atom. The molecule has 0 saturated carbocycles. The number of para-hydroxylation sites is 2. The molecule has 0 fully saturated rings. The predicted molar refractivity (Wildman–Crippen MR) is 149 cm³/mol. The average Bonchev–Trinajstić information content (AvgIpc) is 3.22. The summed E-state index contributed by atoms with van der Waals surface area (Å²) in [4.78, 5) is 33.5. The van der Waals surface area contributed by atoms with E-state index in [1.165, 1.54) is 0 Å². The van der Waals surface area contributed by atoms with Crippen molar-refractivity contribution in [2.45, 2.75) is 46.7 Å². The Hall–Kier alpha value is -3.65. The maximum absolute atomic E-state index is 13.8. The largest absolute Gasteiger partial charge is 0.484 e. The maximum Gasteiger partial charge on any atom is 0.264 e. The van der Waals surface area contributed by atoms with Crippen LogP contribution in [-0.4, -0.2) is 70.2 Å². The highest BCUT2D eigenvalue weighted by atomic mass is 16.5. The molecule has 0 radical (unpaired) electrons. The van der Waals surface area contributed by atoms with Gasteiger partial charge < -0.3 is 14.5 Å². The van der Waals surface area contributed by atoms with Crippen molar-refractivity contribution in [2.75, 3.05) is 37.7 Å². The molecule has 0 N–H and O–H groups in total. The molecule has 0 atom stereocenters. The van der Waals surface area contributed by atoms with Crippen molar-refractivity contribution in [1.82, 2.24) is 19.6 Å². The zero-order chi connectivity index (χ0) is 27.2. The van der Waals surface area contributed by atoms with E-state index in [4.69, 9.17) is 4.74 Å². The summed E-state index contributed by atoms with van der Waals surface area (Å²) >= 11 is 0. The fourth-order valence-corrected chi connectivity index (χ4v) is 5.08. The van der Waals surface area contributed by atoms with Gasteiger partial charge in [-0.1, -0.05) is 36.4 Å². The van der Waals surface area contributed by atoms with Gasteiger partial charge >= 0.3 is 0 Å². The third-order valence-corrected chi connectivity index (χ3v) is 7.10. The number of nitrogens with zero attached hydrogens (tertiary/aromatic N) is 5. The van der Waals surface area contributed by atoms with Gasteiger partial charge in [-0.2, -0.15) is 5.10 Å². The van der Waals surface area contributed by atoms with Crippen molar-refractivity contribution in [3.63, 3.8) is 0 Å². The van der Waals surface area contributed by atoms with Crippen LogP contribution in [-0.2, 0) is 18.4 Å². The van der Waals surface area contributed by atoms with Crippen LogP contribution in [0.25, 0.3) is 0 Å². The molecule has 8 nitrogen and oxygen atoms in total. The summed E-state index contributed by atoms with van der Waals surface area (Å²) in [6, 6.07) is 15.8. The Morgan fingerprint density at radius 1 is 0.974 bits per heavy atom. The molecule has 38 heavy (non-hydrogen) atoms. The van der Waals surface area contributed by atoms with E-state index in [-0.39, 0.29) is 18.4 Å². The lowest BCUT2D eigenvalue weighted by molar-refractivity contribution is -0.120. The van der Waals surface area contributed by atoms with E-state index in [1.54, 1.807) is 10.9 Å². The quantitative estimate of drug-likeness (QED) is 0.507. The van der Waals surface area contributed by atoms with Gasteiger partial charge in [-0.3, -0.25) is 19.2 Å². The highest BCUT2D eigenvalue weighted by molar-refractivity contribution is 5.97. The van der Waals surface area contributed by atoms with Crippen LogP contribution in [0.2, 0.25) is 0 Å². The van der Waals surface area contributed by atoms with Crippen LogP contribution in [0, 0.1) is 13.8 Å². The highest BCUT2D eigenvalue weighted by Gasteiger charge is 2.27. The number of amides is 2. The number of aromatic nitrogens is 2. The van der Waals surface area contributed by atoms with Gasteiger partial charge in [0.2, 0.25) is 0 Å². The molecule has 4 rings (SSSR count). The van der Waals surface area contributed by atoms with E-state index in [1.807, 2.05) is 79.2 Å². The summed E-state index contributed by atoms with van der Waals surface area (Å²) < 4.78 is 7.53. The van der Waals surface area contributed by atoms with Gasteiger partial charge in [-0.15, -0.1) is 0 Å². The van der Waals surface area contributed by atoms with Crippen molar-refractivity contribution in [3.05, 3.63) is 77.1 Å². The van der Waals surface area contributed by atoms with Crippen molar-refractivity contribution >= 4 is 17.5 Å². The molecule has 0 bridgehead atoms. The van der Waals surface area contributed by atoms with Crippen molar-refractivity contribution in [3.8, 4) is 5.75 Å². The van der Waals surface area contributed by atoms with Gasteiger partial charge in [0.05, 0.1) is 16.9 Å². The number of anilines is 1. The summed E-state index contributed by atoms with van der Waals surface area (Å²) in [5.74, 6) is 0.523. The molecule has 1 aliphatic rings. The molecule has 1 aliphatic heterocycles. The minimum absolute atomic E-state index is 0.0451. The van der Waals surface area contributed by atoms with Gasteiger partial charge in [-0.05, 0) is 57.4 Å². The van der Waals surface area contributed by atoms with Crippen LogP contribution >= 0.6 is 0 Å². The number of fused-ring (bicyclic) bond motifs is 1. The van der Waals surface area contributed by atoms with E-state index in [2.05, 4.69) is 23.8 Å². The monoisotopic (exact) mass is 517 g/mol.